The van der Waals surface area contributed by atoms with E-state index in [2.05, 4.69) is 40.5 Å². The van der Waals surface area contributed by atoms with Gasteiger partial charge in [-0.2, -0.15) is 0 Å². The molecule has 1 N–H and O–H groups in total. The number of rotatable bonds is 5. The molecule has 28 heavy (non-hydrogen) atoms. The van der Waals surface area contributed by atoms with Gasteiger partial charge in [-0.3, -0.25) is 4.90 Å². The van der Waals surface area contributed by atoms with Crippen molar-refractivity contribution in [1.29, 1.82) is 0 Å². The Balaban J connectivity index is 1.79. The molecule has 5 nitrogen and oxygen atoms in total. The summed E-state index contributed by atoms with van der Waals surface area (Å²) in [4.78, 5) is 14.8. The third-order valence-corrected chi connectivity index (χ3v) is 4.89. The first kappa shape index (κ1) is 20.2. The lowest BCUT2D eigenvalue weighted by molar-refractivity contribution is 0.0502. The number of carbonyl (C=O) groups is 1. The van der Waals surface area contributed by atoms with Gasteiger partial charge in [-0.15, -0.1) is 0 Å². The topological polar surface area (TPSA) is 50.8 Å². The predicted molar refractivity (Wildman–Crippen MR) is 111 cm³/mol. The van der Waals surface area contributed by atoms with Crippen LogP contribution in [0, 0.1) is 0 Å². The number of hydrogen-bond acceptors (Lipinski definition) is 4. The predicted octanol–water partition coefficient (Wildman–Crippen LogP) is 4.19. The molecular formula is C23H30N2O3. The van der Waals surface area contributed by atoms with Crippen LogP contribution in [-0.2, 0) is 11.3 Å². The van der Waals surface area contributed by atoms with E-state index in [0.29, 0.717) is 0 Å². The van der Waals surface area contributed by atoms with E-state index in [4.69, 9.17) is 9.47 Å². The lowest BCUT2D eigenvalue weighted by Gasteiger charge is -2.25. The van der Waals surface area contributed by atoms with Gasteiger partial charge in [-0.25, -0.2) is 4.79 Å². The Morgan fingerprint density at radius 1 is 1.07 bits per heavy atom. The summed E-state index contributed by atoms with van der Waals surface area (Å²) in [5.41, 5.74) is 1.85. The Morgan fingerprint density at radius 2 is 1.75 bits per heavy atom. The van der Waals surface area contributed by atoms with Gasteiger partial charge in [0, 0.05) is 31.1 Å². The quantitative estimate of drug-likeness (QED) is 0.843. The molecule has 2 atom stereocenters. The van der Waals surface area contributed by atoms with E-state index >= 15 is 0 Å². The number of methoxy groups -OCH3 is 1. The number of carbonyl (C=O) groups excluding carboxylic acids is 1. The highest BCUT2D eigenvalue weighted by Crippen LogP contribution is 2.34. The molecule has 0 aromatic heterocycles. The molecule has 1 saturated heterocycles. The fraction of sp³-hybridized carbons (Fsp3) is 0.435. The average molecular weight is 383 g/mol. The Labute approximate surface area is 167 Å². The summed E-state index contributed by atoms with van der Waals surface area (Å²) in [5, 5.41) is 3.09. The first-order valence-electron chi connectivity index (χ1n) is 9.74. The van der Waals surface area contributed by atoms with Crippen molar-refractivity contribution < 1.29 is 14.3 Å². The number of likely N-dealkylation sites (tertiary alicyclic amines) is 1. The van der Waals surface area contributed by atoms with Gasteiger partial charge in [0.1, 0.15) is 11.4 Å². The van der Waals surface area contributed by atoms with Crippen LogP contribution in [0.25, 0.3) is 0 Å². The minimum absolute atomic E-state index is 0.0464. The van der Waals surface area contributed by atoms with Crippen molar-refractivity contribution in [2.75, 3.05) is 20.2 Å². The monoisotopic (exact) mass is 382 g/mol. The molecule has 0 spiro atoms. The highest BCUT2D eigenvalue weighted by atomic mass is 16.6. The van der Waals surface area contributed by atoms with Crippen molar-refractivity contribution in [2.24, 2.45) is 0 Å². The zero-order chi connectivity index (χ0) is 20.1. The van der Waals surface area contributed by atoms with E-state index < -0.39 is 5.60 Å². The number of ether oxygens (including phenoxy) is 2. The zero-order valence-electron chi connectivity index (χ0n) is 17.1. The van der Waals surface area contributed by atoms with Gasteiger partial charge in [-0.1, -0.05) is 48.5 Å². The number of alkyl carbamates (subject to hydrolysis) is 1. The van der Waals surface area contributed by atoms with Crippen molar-refractivity contribution in [3.05, 3.63) is 65.7 Å². The number of hydrogen-bond donors (Lipinski definition) is 1. The van der Waals surface area contributed by atoms with Gasteiger partial charge < -0.3 is 14.8 Å². The van der Waals surface area contributed by atoms with Crippen LogP contribution >= 0.6 is 0 Å². The molecule has 1 aliphatic rings. The van der Waals surface area contributed by atoms with Crippen LogP contribution < -0.4 is 10.1 Å². The Bertz CT molecular complexity index is 786. The van der Waals surface area contributed by atoms with Crippen molar-refractivity contribution in [2.45, 2.75) is 44.9 Å². The molecule has 0 unspecified atom stereocenters. The van der Waals surface area contributed by atoms with Crippen molar-refractivity contribution in [1.82, 2.24) is 10.2 Å². The fourth-order valence-electron chi connectivity index (χ4n) is 3.75. The Kier molecular flexibility index (Phi) is 6.25. The molecule has 0 bridgehead atoms. The van der Waals surface area contributed by atoms with Crippen LogP contribution in [0.15, 0.2) is 54.6 Å². The summed E-state index contributed by atoms with van der Waals surface area (Å²) in [6, 6.07) is 18.4. The van der Waals surface area contributed by atoms with Crippen LogP contribution in [0.5, 0.6) is 5.75 Å². The molecule has 0 radical (unpaired) electrons. The maximum absolute atomic E-state index is 12.4. The van der Waals surface area contributed by atoms with E-state index in [-0.39, 0.29) is 18.1 Å². The normalized spacial score (nSPS) is 20.0. The summed E-state index contributed by atoms with van der Waals surface area (Å²) in [6.45, 7) is 8.08. The molecule has 5 heteroatoms. The van der Waals surface area contributed by atoms with Crippen LogP contribution in [0.1, 0.15) is 37.8 Å². The largest absolute Gasteiger partial charge is 0.496 e. The van der Waals surface area contributed by atoms with Crippen molar-refractivity contribution >= 4 is 6.09 Å². The minimum Gasteiger partial charge on any atom is -0.496 e. The molecule has 1 heterocycles. The fourth-order valence-corrected chi connectivity index (χ4v) is 3.75. The number of nitrogens with zero attached hydrogens (tertiary/aromatic N) is 1. The molecule has 3 rings (SSSR count). The van der Waals surface area contributed by atoms with Gasteiger partial charge >= 0.3 is 6.09 Å². The average Bonchev–Trinajstić information content (AvgIpc) is 3.02. The van der Waals surface area contributed by atoms with Crippen molar-refractivity contribution in [3.8, 4) is 5.75 Å². The SMILES string of the molecule is COc1ccccc1[C@H]1CN(Cc2ccccc2)C[C@@H]1NC(=O)OC(C)(C)C. The molecule has 1 fully saturated rings. The van der Waals surface area contributed by atoms with Crippen LogP contribution in [-0.4, -0.2) is 42.8 Å². The molecule has 1 amide bonds. The molecule has 2 aromatic rings. The second-order valence-corrected chi connectivity index (χ2v) is 8.28. The standard InChI is InChI=1S/C23H30N2O3/c1-23(2,3)28-22(26)24-20-16-25(14-17-10-6-5-7-11-17)15-19(20)18-12-8-9-13-21(18)27-4/h5-13,19-20H,14-16H2,1-4H3,(H,24,26)/t19-,20+/m1/s1. The van der Waals surface area contributed by atoms with Crippen molar-refractivity contribution in [3.63, 3.8) is 0 Å². The number of para-hydroxylation sites is 1. The van der Waals surface area contributed by atoms with Gasteiger partial charge in [0.25, 0.3) is 0 Å². The third-order valence-electron chi connectivity index (χ3n) is 4.89. The minimum atomic E-state index is -0.521. The highest BCUT2D eigenvalue weighted by molar-refractivity contribution is 5.68. The number of amides is 1. The lowest BCUT2D eigenvalue weighted by Crippen LogP contribution is -2.42. The lowest BCUT2D eigenvalue weighted by atomic mass is 9.93. The first-order chi connectivity index (χ1) is 13.4. The van der Waals surface area contributed by atoms with Crippen LogP contribution in [0.4, 0.5) is 4.79 Å². The maximum Gasteiger partial charge on any atom is 0.407 e. The van der Waals surface area contributed by atoms with E-state index in [0.717, 1.165) is 30.9 Å². The summed E-state index contributed by atoms with van der Waals surface area (Å²) in [7, 11) is 1.69. The van der Waals surface area contributed by atoms with Crippen LogP contribution in [0.3, 0.4) is 0 Å². The van der Waals surface area contributed by atoms with E-state index in [1.165, 1.54) is 5.56 Å². The Hall–Kier alpha value is -2.53. The molecule has 0 saturated carbocycles. The summed E-state index contributed by atoms with van der Waals surface area (Å²) in [6.07, 6.45) is -0.376. The maximum atomic E-state index is 12.4. The first-order valence-corrected chi connectivity index (χ1v) is 9.74. The van der Waals surface area contributed by atoms with E-state index in [9.17, 15) is 4.79 Å². The highest BCUT2D eigenvalue weighted by Gasteiger charge is 2.37. The second-order valence-electron chi connectivity index (χ2n) is 8.28. The number of nitrogens with one attached hydrogen (secondary N) is 1. The zero-order valence-corrected chi connectivity index (χ0v) is 17.1. The van der Waals surface area contributed by atoms with Gasteiger partial charge in [-0.05, 0) is 32.4 Å². The molecular weight excluding hydrogens is 352 g/mol. The summed E-state index contributed by atoms with van der Waals surface area (Å²) >= 11 is 0. The third kappa shape index (κ3) is 5.26. The molecule has 2 aromatic carbocycles. The smallest absolute Gasteiger partial charge is 0.407 e. The molecule has 0 aliphatic carbocycles. The van der Waals surface area contributed by atoms with Gasteiger partial charge in [0.2, 0.25) is 0 Å². The molecule has 150 valence electrons. The van der Waals surface area contributed by atoms with E-state index in [1.54, 1.807) is 7.11 Å². The Morgan fingerprint density at radius 3 is 2.43 bits per heavy atom. The van der Waals surface area contributed by atoms with Crippen LogP contribution in [0.2, 0.25) is 0 Å². The van der Waals surface area contributed by atoms with Gasteiger partial charge in [0.05, 0.1) is 13.2 Å². The second kappa shape index (κ2) is 8.65. The van der Waals surface area contributed by atoms with Gasteiger partial charge in [0.15, 0.2) is 0 Å². The van der Waals surface area contributed by atoms with E-state index in [1.807, 2.05) is 45.0 Å². The number of benzene rings is 2. The summed E-state index contributed by atoms with van der Waals surface area (Å²) in [5.74, 6) is 0.984. The summed E-state index contributed by atoms with van der Waals surface area (Å²) < 4.78 is 11.1. The molecule has 1 aliphatic heterocycles.